The molecule has 0 aromatic rings. The highest BCUT2D eigenvalue weighted by atomic mass is 19.4. The predicted molar refractivity (Wildman–Crippen MR) is 65.2 cm³/mol. The van der Waals surface area contributed by atoms with Crippen LogP contribution in [0.5, 0.6) is 0 Å². The second-order valence-electron chi connectivity index (χ2n) is 4.61. The summed E-state index contributed by atoms with van der Waals surface area (Å²) in [7, 11) is 0. The number of piperazine rings is 1. The van der Waals surface area contributed by atoms with Gasteiger partial charge in [-0.25, -0.2) is 0 Å². The lowest BCUT2D eigenvalue weighted by Crippen LogP contribution is -2.53. The van der Waals surface area contributed by atoms with E-state index in [1.807, 2.05) is 0 Å². The quantitative estimate of drug-likeness (QED) is 0.584. The fourth-order valence-corrected chi connectivity index (χ4v) is 2.10. The van der Waals surface area contributed by atoms with E-state index < -0.39 is 12.7 Å². The lowest BCUT2D eigenvalue weighted by atomic mass is 10.2. The molecule has 0 aromatic heterocycles. The van der Waals surface area contributed by atoms with Crippen LogP contribution in [0, 0.1) is 12.3 Å². The third-order valence-corrected chi connectivity index (χ3v) is 3.10. The number of halogens is 3. The van der Waals surface area contributed by atoms with Gasteiger partial charge in [-0.3, -0.25) is 9.80 Å². The van der Waals surface area contributed by atoms with Crippen molar-refractivity contribution in [3.8, 4) is 12.3 Å². The molecule has 1 aliphatic rings. The van der Waals surface area contributed by atoms with Crippen molar-refractivity contribution in [3.05, 3.63) is 0 Å². The van der Waals surface area contributed by atoms with Crippen LogP contribution in [0.4, 0.5) is 13.2 Å². The Kier molecular flexibility index (Phi) is 5.93. The second kappa shape index (κ2) is 6.98. The summed E-state index contributed by atoms with van der Waals surface area (Å²) >= 11 is 0. The molecule has 1 N–H and O–H groups in total. The summed E-state index contributed by atoms with van der Waals surface area (Å²) in [6.07, 6.45) is 1.04. The molecule has 1 saturated heterocycles. The maximum Gasteiger partial charge on any atom is 0.401 e. The number of hydrogen-bond donors (Lipinski definition) is 1. The van der Waals surface area contributed by atoms with Crippen molar-refractivity contribution >= 4 is 0 Å². The molecule has 1 atom stereocenters. The van der Waals surface area contributed by atoms with E-state index in [1.165, 1.54) is 4.90 Å². The van der Waals surface area contributed by atoms with Crippen LogP contribution >= 0.6 is 0 Å². The molecule has 1 unspecified atom stereocenters. The van der Waals surface area contributed by atoms with Gasteiger partial charge in [0.2, 0.25) is 0 Å². The summed E-state index contributed by atoms with van der Waals surface area (Å²) in [6.45, 7) is 4.84. The molecule has 1 fully saturated rings. The molecule has 1 rings (SSSR count). The Hall–Kier alpha value is -0.770. The first-order chi connectivity index (χ1) is 8.42. The van der Waals surface area contributed by atoms with E-state index in [9.17, 15) is 13.2 Å². The van der Waals surface area contributed by atoms with E-state index in [0.29, 0.717) is 38.8 Å². The predicted octanol–water partition coefficient (Wildman–Crippen LogP) is 0.778. The van der Waals surface area contributed by atoms with Gasteiger partial charge in [0.25, 0.3) is 0 Å². The van der Waals surface area contributed by atoms with Crippen LogP contribution in [0.15, 0.2) is 0 Å². The normalized spacial score (nSPS) is 20.6. The molecular weight excluding hydrogens is 243 g/mol. The SMILES string of the molecule is C#CCNCC(C)N1CCN(CC(F)(F)F)CC1. The second-order valence-corrected chi connectivity index (χ2v) is 4.61. The summed E-state index contributed by atoms with van der Waals surface area (Å²) in [5.74, 6) is 2.50. The Morgan fingerprint density at radius 2 is 1.89 bits per heavy atom. The van der Waals surface area contributed by atoms with Gasteiger partial charge in [0, 0.05) is 38.8 Å². The van der Waals surface area contributed by atoms with Crippen molar-refractivity contribution in [1.29, 1.82) is 0 Å². The van der Waals surface area contributed by atoms with E-state index in [-0.39, 0.29) is 0 Å². The zero-order valence-electron chi connectivity index (χ0n) is 10.6. The summed E-state index contributed by atoms with van der Waals surface area (Å²) in [6, 6.07) is 0.298. The van der Waals surface area contributed by atoms with Crippen LogP contribution in [-0.2, 0) is 0 Å². The molecule has 0 radical (unpaired) electrons. The van der Waals surface area contributed by atoms with Crippen molar-refractivity contribution in [1.82, 2.24) is 15.1 Å². The average molecular weight is 263 g/mol. The smallest absolute Gasteiger partial charge is 0.305 e. The molecule has 0 aliphatic carbocycles. The molecule has 0 amide bonds. The minimum atomic E-state index is -4.10. The van der Waals surface area contributed by atoms with Crippen LogP contribution in [-0.4, -0.2) is 67.8 Å². The fraction of sp³-hybridized carbons (Fsp3) is 0.833. The number of rotatable bonds is 5. The van der Waals surface area contributed by atoms with Crippen molar-refractivity contribution < 1.29 is 13.2 Å². The highest BCUT2D eigenvalue weighted by Gasteiger charge is 2.32. The zero-order chi connectivity index (χ0) is 13.6. The van der Waals surface area contributed by atoms with Crippen molar-refractivity contribution in [2.75, 3.05) is 45.8 Å². The van der Waals surface area contributed by atoms with Gasteiger partial charge in [0.1, 0.15) is 0 Å². The van der Waals surface area contributed by atoms with E-state index >= 15 is 0 Å². The lowest BCUT2D eigenvalue weighted by molar-refractivity contribution is -0.149. The topological polar surface area (TPSA) is 18.5 Å². The average Bonchev–Trinajstić information content (AvgIpc) is 2.28. The van der Waals surface area contributed by atoms with Crippen molar-refractivity contribution in [2.24, 2.45) is 0 Å². The first-order valence-electron chi connectivity index (χ1n) is 6.09. The largest absolute Gasteiger partial charge is 0.401 e. The Morgan fingerprint density at radius 3 is 2.39 bits per heavy atom. The van der Waals surface area contributed by atoms with E-state index in [2.05, 4.69) is 23.1 Å². The summed E-state index contributed by atoms with van der Waals surface area (Å²) in [4.78, 5) is 3.65. The lowest BCUT2D eigenvalue weighted by Gasteiger charge is -2.38. The standard InChI is InChI=1S/C12H20F3N3/c1-3-4-16-9-11(2)18-7-5-17(6-8-18)10-12(13,14)15/h1,11,16H,4-10H2,2H3. The molecule has 1 heterocycles. The van der Waals surface area contributed by atoms with Crippen LogP contribution in [0.2, 0.25) is 0 Å². The summed E-state index contributed by atoms with van der Waals surface area (Å²) in [5.41, 5.74) is 0. The van der Waals surface area contributed by atoms with Gasteiger partial charge in [0.05, 0.1) is 13.1 Å². The van der Waals surface area contributed by atoms with Gasteiger partial charge >= 0.3 is 6.18 Å². The molecule has 0 spiro atoms. The molecule has 1 aliphatic heterocycles. The summed E-state index contributed by atoms with van der Waals surface area (Å²) in [5, 5.41) is 3.11. The Balaban J connectivity index is 2.24. The minimum Gasteiger partial charge on any atom is -0.305 e. The Bertz CT molecular complexity index is 277. The monoisotopic (exact) mass is 263 g/mol. The number of nitrogens with zero attached hydrogens (tertiary/aromatic N) is 2. The maximum absolute atomic E-state index is 12.2. The third kappa shape index (κ3) is 5.71. The highest BCUT2D eigenvalue weighted by molar-refractivity contribution is 4.87. The number of alkyl halides is 3. The van der Waals surface area contributed by atoms with Crippen molar-refractivity contribution in [2.45, 2.75) is 19.1 Å². The minimum absolute atomic E-state index is 0.298. The van der Waals surface area contributed by atoms with Crippen LogP contribution in [0.1, 0.15) is 6.92 Å². The van der Waals surface area contributed by atoms with Gasteiger partial charge in [0.15, 0.2) is 0 Å². The highest BCUT2D eigenvalue weighted by Crippen LogP contribution is 2.17. The first kappa shape index (κ1) is 15.3. The van der Waals surface area contributed by atoms with Crippen molar-refractivity contribution in [3.63, 3.8) is 0 Å². The molecule has 3 nitrogen and oxygen atoms in total. The summed E-state index contributed by atoms with van der Waals surface area (Å²) < 4.78 is 36.7. The van der Waals surface area contributed by atoms with E-state index in [4.69, 9.17) is 6.42 Å². The number of hydrogen-bond acceptors (Lipinski definition) is 3. The van der Waals surface area contributed by atoms with Gasteiger partial charge < -0.3 is 5.32 Å². The zero-order valence-corrected chi connectivity index (χ0v) is 10.6. The van der Waals surface area contributed by atoms with Gasteiger partial charge in [-0.2, -0.15) is 13.2 Å². The molecule has 18 heavy (non-hydrogen) atoms. The fourth-order valence-electron chi connectivity index (χ4n) is 2.10. The molecule has 6 heteroatoms. The van der Waals surface area contributed by atoms with Gasteiger partial charge in [-0.05, 0) is 6.92 Å². The number of nitrogens with one attached hydrogen (secondary N) is 1. The molecular formula is C12H20F3N3. The first-order valence-corrected chi connectivity index (χ1v) is 6.09. The van der Waals surface area contributed by atoms with Crippen LogP contribution in [0.3, 0.4) is 0 Å². The van der Waals surface area contributed by atoms with Crippen LogP contribution in [0.25, 0.3) is 0 Å². The van der Waals surface area contributed by atoms with Gasteiger partial charge in [-0.1, -0.05) is 5.92 Å². The van der Waals surface area contributed by atoms with E-state index in [0.717, 1.165) is 6.54 Å². The molecule has 0 saturated carbocycles. The maximum atomic E-state index is 12.2. The van der Waals surface area contributed by atoms with Crippen LogP contribution < -0.4 is 5.32 Å². The number of terminal acetylenes is 1. The molecule has 0 aromatic carbocycles. The van der Waals surface area contributed by atoms with Gasteiger partial charge in [-0.15, -0.1) is 6.42 Å². The third-order valence-electron chi connectivity index (χ3n) is 3.10. The molecule has 104 valence electrons. The Morgan fingerprint density at radius 1 is 1.28 bits per heavy atom. The van der Waals surface area contributed by atoms with E-state index in [1.54, 1.807) is 0 Å². The molecule has 0 bridgehead atoms. The Labute approximate surface area is 106 Å².